The van der Waals surface area contributed by atoms with Crippen molar-refractivity contribution in [2.24, 2.45) is 0 Å². The molecule has 0 atom stereocenters. The Morgan fingerprint density at radius 2 is 0.528 bits per heavy atom. The summed E-state index contributed by atoms with van der Waals surface area (Å²) >= 11 is 7.26. The number of carbonyl (C=O) groups excluding carboxylic acids is 2. The van der Waals surface area contributed by atoms with Crippen molar-refractivity contribution >= 4 is 70.2 Å². The molecule has 0 unspecified atom stereocenters. The lowest BCUT2D eigenvalue weighted by atomic mass is 9.68. The highest BCUT2D eigenvalue weighted by molar-refractivity contribution is 8.03. The van der Waals surface area contributed by atoms with Gasteiger partial charge in [-0.2, -0.15) is 0 Å². The van der Waals surface area contributed by atoms with Crippen LogP contribution in [0.25, 0.3) is 0 Å². The second-order valence-electron chi connectivity index (χ2n) is 18.5. The van der Waals surface area contributed by atoms with Crippen LogP contribution >= 0.6 is 47.0 Å². The summed E-state index contributed by atoms with van der Waals surface area (Å²) in [4.78, 5) is 34.0. The fraction of sp³-hybridized carbons (Fsp3) is 0.219. The van der Waals surface area contributed by atoms with E-state index in [1.807, 2.05) is 230 Å². The van der Waals surface area contributed by atoms with Crippen LogP contribution in [0.3, 0.4) is 0 Å². The summed E-state index contributed by atoms with van der Waals surface area (Å²) in [5, 5.41) is 8.45. The van der Waals surface area contributed by atoms with E-state index in [2.05, 4.69) is 78.2 Å². The van der Waals surface area contributed by atoms with E-state index in [4.69, 9.17) is 0 Å². The molecule has 0 radical (unpaired) electrons. The number of hydrogen-bond acceptors (Lipinski definition) is 6. The third kappa shape index (κ3) is 12.6. The molecule has 2 amide bonds. The molecule has 8 rings (SSSR count). The summed E-state index contributed by atoms with van der Waals surface area (Å²) in [6.45, 7) is 17.6. The molecular formula is C64H66N2O2S4. The van der Waals surface area contributed by atoms with Crippen LogP contribution < -0.4 is 10.6 Å². The quantitative estimate of drug-likeness (QED) is 0.0660. The zero-order valence-corrected chi connectivity index (χ0v) is 45.8. The SMILES string of the molecule is CC(C)Sc1cccc(NC(=O)C(c2ccccc2)(c2ccccc2)c2ccccc2)c1SC(C)C.CC(C)Sc1cccc(NC(=O)C(c2ccccc2)(c2ccccc2)c2ccccc2)c1SC(C)C. The summed E-state index contributed by atoms with van der Waals surface area (Å²) in [6.07, 6.45) is 0. The molecule has 0 aliphatic rings. The van der Waals surface area contributed by atoms with Gasteiger partial charge in [0.05, 0.1) is 11.4 Å². The largest absolute Gasteiger partial charge is 0.324 e. The van der Waals surface area contributed by atoms with Crippen LogP contribution in [0.4, 0.5) is 11.4 Å². The molecule has 0 aliphatic heterocycles. The molecule has 4 nitrogen and oxygen atoms in total. The zero-order chi connectivity index (χ0) is 51.1. The Labute approximate surface area is 446 Å². The summed E-state index contributed by atoms with van der Waals surface area (Å²) in [5.74, 6) is -0.133. The van der Waals surface area contributed by atoms with Crippen LogP contribution in [0.1, 0.15) is 88.8 Å². The Kier molecular flexibility index (Phi) is 19.2. The molecule has 2 N–H and O–H groups in total. The van der Waals surface area contributed by atoms with Crippen molar-refractivity contribution in [2.45, 2.75) is 107 Å². The number of rotatable bonds is 18. The molecule has 8 heteroatoms. The van der Waals surface area contributed by atoms with Crippen molar-refractivity contribution in [3.63, 3.8) is 0 Å². The Morgan fingerprint density at radius 3 is 0.736 bits per heavy atom. The number of thioether (sulfide) groups is 4. The first kappa shape index (κ1) is 53.9. The van der Waals surface area contributed by atoms with E-state index >= 15 is 0 Å². The predicted molar refractivity (Wildman–Crippen MR) is 313 cm³/mol. The van der Waals surface area contributed by atoms with E-state index in [9.17, 15) is 9.59 Å². The van der Waals surface area contributed by atoms with E-state index in [1.54, 1.807) is 23.5 Å². The Morgan fingerprint density at radius 1 is 0.306 bits per heavy atom. The van der Waals surface area contributed by atoms with Crippen LogP contribution in [0, 0.1) is 0 Å². The molecular weight excluding hydrogens is 957 g/mol. The van der Waals surface area contributed by atoms with E-state index in [1.165, 1.54) is 9.79 Å². The second kappa shape index (κ2) is 25.7. The fourth-order valence-electron chi connectivity index (χ4n) is 8.98. The van der Waals surface area contributed by atoms with Gasteiger partial charge >= 0.3 is 0 Å². The summed E-state index contributed by atoms with van der Waals surface area (Å²) < 4.78 is 0. The Bertz CT molecular complexity index is 2550. The molecule has 0 saturated heterocycles. The number of hydrogen-bond donors (Lipinski definition) is 2. The highest BCUT2D eigenvalue weighted by atomic mass is 32.2. The maximum Gasteiger partial charge on any atom is 0.244 e. The number of benzene rings is 8. The molecule has 368 valence electrons. The summed E-state index contributed by atoms with van der Waals surface area (Å²) in [5.41, 5.74) is 5.31. The lowest BCUT2D eigenvalue weighted by molar-refractivity contribution is -0.119. The van der Waals surface area contributed by atoms with Gasteiger partial charge in [-0.15, -0.1) is 47.0 Å². The minimum Gasteiger partial charge on any atom is -0.324 e. The highest BCUT2D eigenvalue weighted by Crippen LogP contribution is 2.46. The lowest BCUT2D eigenvalue weighted by Gasteiger charge is -2.35. The molecule has 0 bridgehead atoms. The molecule has 0 fully saturated rings. The van der Waals surface area contributed by atoms with Crippen LogP contribution in [0.15, 0.2) is 238 Å². The average Bonchev–Trinajstić information content (AvgIpc) is 3.38. The Hall–Kier alpha value is -5.90. The van der Waals surface area contributed by atoms with Gasteiger partial charge < -0.3 is 10.6 Å². The van der Waals surface area contributed by atoms with Gasteiger partial charge in [-0.25, -0.2) is 0 Å². The molecule has 0 aliphatic carbocycles. The number of anilines is 2. The average molecular weight is 1020 g/mol. The number of amides is 2. The Balaban J connectivity index is 0.000000211. The maximum absolute atomic E-state index is 14.7. The van der Waals surface area contributed by atoms with Crippen LogP contribution in [0.2, 0.25) is 0 Å². The van der Waals surface area contributed by atoms with E-state index in [0.717, 1.165) is 54.5 Å². The van der Waals surface area contributed by atoms with Crippen molar-refractivity contribution in [3.05, 3.63) is 252 Å². The molecule has 8 aromatic carbocycles. The van der Waals surface area contributed by atoms with Gasteiger partial charge in [-0.1, -0.05) is 250 Å². The van der Waals surface area contributed by atoms with Crippen molar-refractivity contribution in [1.29, 1.82) is 0 Å². The monoisotopic (exact) mass is 1020 g/mol. The highest BCUT2D eigenvalue weighted by Gasteiger charge is 2.45. The smallest absolute Gasteiger partial charge is 0.244 e. The first-order chi connectivity index (χ1) is 34.8. The zero-order valence-electron chi connectivity index (χ0n) is 42.5. The van der Waals surface area contributed by atoms with Crippen LogP contribution in [-0.2, 0) is 20.4 Å². The van der Waals surface area contributed by atoms with Gasteiger partial charge in [0.25, 0.3) is 0 Å². The maximum atomic E-state index is 14.7. The molecule has 8 aromatic rings. The molecule has 0 spiro atoms. The number of nitrogens with one attached hydrogen (secondary N) is 2. The van der Waals surface area contributed by atoms with Crippen molar-refractivity contribution in [1.82, 2.24) is 0 Å². The second-order valence-corrected chi connectivity index (χ2v) is 24.9. The normalized spacial score (nSPS) is 11.6. The van der Waals surface area contributed by atoms with Gasteiger partial charge in [0, 0.05) is 40.6 Å². The van der Waals surface area contributed by atoms with Crippen molar-refractivity contribution in [3.8, 4) is 0 Å². The van der Waals surface area contributed by atoms with E-state index < -0.39 is 10.8 Å². The standard InChI is InChI=1S/2C32H33NOS2/c2*1-23(2)35-29-22-14-21-28(30(29)36-24(3)4)33-31(34)32(25-15-8-5-9-16-25,26-17-10-6-11-18-26)27-19-12-7-13-20-27/h2*5-24H,1-4H3,(H,33,34). The predicted octanol–water partition coefficient (Wildman–Crippen LogP) is 17.3. The lowest BCUT2D eigenvalue weighted by Crippen LogP contribution is -2.42. The molecule has 72 heavy (non-hydrogen) atoms. The molecule has 0 heterocycles. The first-order valence-electron chi connectivity index (χ1n) is 24.7. The van der Waals surface area contributed by atoms with E-state index in [-0.39, 0.29) is 11.8 Å². The molecule has 0 saturated carbocycles. The minimum atomic E-state index is -1.01. The number of carbonyl (C=O) groups is 2. The minimum absolute atomic E-state index is 0.0663. The van der Waals surface area contributed by atoms with Crippen molar-refractivity contribution < 1.29 is 9.59 Å². The fourth-order valence-corrected chi connectivity index (χ4v) is 13.1. The first-order valence-corrected chi connectivity index (χ1v) is 28.3. The van der Waals surface area contributed by atoms with Gasteiger partial charge in [-0.3, -0.25) is 9.59 Å². The molecule has 0 aromatic heterocycles. The topological polar surface area (TPSA) is 58.2 Å². The van der Waals surface area contributed by atoms with E-state index in [0.29, 0.717) is 21.0 Å². The summed E-state index contributed by atoms with van der Waals surface area (Å²) in [6, 6.07) is 73.0. The van der Waals surface area contributed by atoms with Gasteiger partial charge in [0.15, 0.2) is 0 Å². The van der Waals surface area contributed by atoms with Gasteiger partial charge in [0.2, 0.25) is 11.8 Å². The van der Waals surface area contributed by atoms with Gasteiger partial charge in [0.1, 0.15) is 10.8 Å². The van der Waals surface area contributed by atoms with Gasteiger partial charge in [-0.05, 0) is 57.6 Å². The van der Waals surface area contributed by atoms with Crippen molar-refractivity contribution in [2.75, 3.05) is 10.6 Å². The summed E-state index contributed by atoms with van der Waals surface area (Å²) in [7, 11) is 0. The third-order valence-electron chi connectivity index (χ3n) is 11.8. The third-order valence-corrected chi connectivity index (χ3v) is 16.5. The van der Waals surface area contributed by atoms with Crippen LogP contribution in [-0.4, -0.2) is 32.8 Å². The van der Waals surface area contributed by atoms with Crippen LogP contribution in [0.5, 0.6) is 0 Å².